The van der Waals surface area contributed by atoms with Crippen molar-refractivity contribution in [1.29, 1.82) is 0 Å². The summed E-state index contributed by atoms with van der Waals surface area (Å²) in [5.41, 5.74) is 0.657. The van der Waals surface area contributed by atoms with Crippen LogP contribution in [0.1, 0.15) is 12.0 Å². The minimum Gasteiger partial charge on any atom is -0.496 e. The van der Waals surface area contributed by atoms with E-state index in [0.29, 0.717) is 61.4 Å². The first-order valence-electron chi connectivity index (χ1n) is 10.3. The molecular weight excluding hydrogens is 456 g/mol. The molecule has 1 N–H and O–H groups in total. The number of nitrogens with one attached hydrogen (secondary N) is 1. The molecule has 0 bridgehead atoms. The number of aryl methyl sites for hydroxylation is 1. The largest absolute Gasteiger partial charge is 0.496 e. The van der Waals surface area contributed by atoms with Crippen LogP contribution in [0.25, 0.3) is 0 Å². The maximum absolute atomic E-state index is 12.9. The average Bonchev–Trinajstić information content (AvgIpc) is 2.82. The van der Waals surface area contributed by atoms with Gasteiger partial charge in [-0.25, -0.2) is 8.42 Å². The number of halogens is 1. The second kappa shape index (κ2) is 11.5. The Morgan fingerprint density at radius 1 is 1.16 bits per heavy atom. The van der Waals surface area contributed by atoms with Crippen molar-refractivity contribution in [2.75, 3.05) is 46.6 Å². The average molecular weight is 483 g/mol. The van der Waals surface area contributed by atoms with Crippen molar-refractivity contribution in [3.05, 3.63) is 53.1 Å². The van der Waals surface area contributed by atoms with Crippen LogP contribution in [0.2, 0.25) is 5.02 Å². The molecule has 1 aliphatic heterocycles. The molecule has 0 radical (unpaired) electrons. The predicted molar refractivity (Wildman–Crippen MR) is 121 cm³/mol. The zero-order chi connectivity index (χ0) is 23.0. The van der Waals surface area contributed by atoms with Gasteiger partial charge in [0.15, 0.2) is 0 Å². The van der Waals surface area contributed by atoms with Gasteiger partial charge in [0.1, 0.15) is 18.1 Å². The quantitative estimate of drug-likeness (QED) is 0.523. The first-order chi connectivity index (χ1) is 15.4. The van der Waals surface area contributed by atoms with Crippen molar-refractivity contribution >= 4 is 27.5 Å². The number of ether oxygens (including phenoxy) is 3. The number of rotatable bonds is 10. The number of morpholine rings is 1. The third-order valence-electron chi connectivity index (χ3n) is 5.00. The Morgan fingerprint density at radius 3 is 2.62 bits per heavy atom. The highest BCUT2D eigenvalue weighted by Gasteiger charge is 2.27. The Kier molecular flexibility index (Phi) is 8.75. The number of benzene rings is 2. The van der Waals surface area contributed by atoms with Crippen LogP contribution >= 0.6 is 11.6 Å². The lowest BCUT2D eigenvalue weighted by molar-refractivity contribution is -0.121. The van der Waals surface area contributed by atoms with E-state index in [-0.39, 0.29) is 23.8 Å². The maximum Gasteiger partial charge on any atom is 0.243 e. The van der Waals surface area contributed by atoms with Crippen LogP contribution in [-0.2, 0) is 26.0 Å². The molecule has 1 fully saturated rings. The van der Waals surface area contributed by atoms with E-state index in [0.717, 1.165) is 0 Å². The molecule has 0 saturated carbocycles. The summed E-state index contributed by atoms with van der Waals surface area (Å²) in [4.78, 5) is 12.4. The molecule has 0 aromatic heterocycles. The minimum absolute atomic E-state index is 0.170. The van der Waals surface area contributed by atoms with E-state index < -0.39 is 10.0 Å². The van der Waals surface area contributed by atoms with Gasteiger partial charge in [0.2, 0.25) is 15.9 Å². The standard InChI is InChI=1S/C22H27ClN2O6S/c1-29-20-8-7-18(32(27,28)25-11-14-30-15-12-25)16-17(20)6-9-22(26)24-10-13-31-21-5-3-2-4-19(21)23/h2-5,7-8,16H,6,9-15H2,1H3,(H,24,26). The van der Waals surface area contributed by atoms with Gasteiger partial charge in [-0.3, -0.25) is 4.79 Å². The van der Waals surface area contributed by atoms with E-state index in [9.17, 15) is 13.2 Å². The van der Waals surface area contributed by atoms with Gasteiger partial charge >= 0.3 is 0 Å². The molecule has 1 heterocycles. The number of carbonyl (C=O) groups is 1. The van der Waals surface area contributed by atoms with Gasteiger partial charge in [-0.15, -0.1) is 0 Å². The number of para-hydroxylation sites is 1. The molecule has 0 atom stereocenters. The summed E-state index contributed by atoms with van der Waals surface area (Å²) < 4.78 is 43.4. The lowest BCUT2D eigenvalue weighted by Gasteiger charge is -2.26. The van der Waals surface area contributed by atoms with Gasteiger partial charge in [0.25, 0.3) is 0 Å². The highest BCUT2D eigenvalue weighted by molar-refractivity contribution is 7.89. The van der Waals surface area contributed by atoms with Crippen molar-refractivity contribution < 1.29 is 27.4 Å². The molecule has 3 rings (SSSR count). The van der Waals surface area contributed by atoms with E-state index in [1.807, 2.05) is 12.1 Å². The normalized spacial score (nSPS) is 14.7. The molecule has 32 heavy (non-hydrogen) atoms. The molecule has 0 unspecified atom stereocenters. The van der Waals surface area contributed by atoms with Crippen LogP contribution in [0.4, 0.5) is 0 Å². The first-order valence-corrected chi connectivity index (χ1v) is 12.1. The van der Waals surface area contributed by atoms with E-state index in [2.05, 4.69) is 5.32 Å². The molecule has 0 spiro atoms. The fourth-order valence-corrected chi connectivity index (χ4v) is 4.95. The van der Waals surface area contributed by atoms with E-state index >= 15 is 0 Å². The van der Waals surface area contributed by atoms with Gasteiger partial charge in [0, 0.05) is 19.5 Å². The van der Waals surface area contributed by atoms with Gasteiger partial charge in [-0.05, 0) is 42.3 Å². The van der Waals surface area contributed by atoms with Crippen molar-refractivity contribution in [2.24, 2.45) is 0 Å². The summed E-state index contributed by atoms with van der Waals surface area (Å²) in [7, 11) is -2.11. The zero-order valence-corrected chi connectivity index (χ0v) is 19.5. The minimum atomic E-state index is -3.63. The summed E-state index contributed by atoms with van der Waals surface area (Å²) in [5.74, 6) is 0.934. The topological polar surface area (TPSA) is 94.2 Å². The Morgan fingerprint density at radius 2 is 1.91 bits per heavy atom. The van der Waals surface area contributed by atoms with E-state index in [1.165, 1.54) is 17.5 Å². The molecular formula is C22H27ClN2O6S. The Balaban J connectivity index is 1.54. The van der Waals surface area contributed by atoms with Crippen molar-refractivity contribution in [3.8, 4) is 11.5 Å². The van der Waals surface area contributed by atoms with Gasteiger partial charge in [0.05, 0.1) is 36.8 Å². The smallest absolute Gasteiger partial charge is 0.243 e. The predicted octanol–water partition coefficient (Wildman–Crippen LogP) is 2.50. The Bertz CT molecular complexity index is 1020. The van der Waals surface area contributed by atoms with Gasteiger partial charge in [-0.1, -0.05) is 23.7 Å². The zero-order valence-electron chi connectivity index (χ0n) is 17.9. The highest BCUT2D eigenvalue weighted by atomic mass is 35.5. The van der Waals surface area contributed by atoms with Gasteiger partial charge < -0.3 is 19.5 Å². The molecule has 0 aliphatic carbocycles. The lowest BCUT2D eigenvalue weighted by Crippen LogP contribution is -2.40. The SMILES string of the molecule is COc1ccc(S(=O)(=O)N2CCOCC2)cc1CCC(=O)NCCOc1ccccc1Cl. The van der Waals surface area contributed by atoms with Crippen LogP contribution in [-0.4, -0.2) is 65.2 Å². The summed E-state index contributed by atoms with van der Waals surface area (Å²) >= 11 is 6.03. The Hall–Kier alpha value is -2.33. The number of nitrogens with zero attached hydrogens (tertiary/aromatic N) is 1. The molecule has 10 heteroatoms. The number of hydrogen-bond acceptors (Lipinski definition) is 6. The third kappa shape index (κ3) is 6.35. The van der Waals surface area contributed by atoms with Crippen LogP contribution in [0, 0.1) is 0 Å². The number of methoxy groups -OCH3 is 1. The second-order valence-corrected chi connectivity index (χ2v) is 9.46. The van der Waals surface area contributed by atoms with E-state index in [4.69, 9.17) is 25.8 Å². The molecule has 1 saturated heterocycles. The Labute approximate surface area is 193 Å². The van der Waals surface area contributed by atoms with Crippen molar-refractivity contribution in [2.45, 2.75) is 17.7 Å². The van der Waals surface area contributed by atoms with Crippen LogP contribution in [0.5, 0.6) is 11.5 Å². The number of hydrogen-bond donors (Lipinski definition) is 1. The molecule has 1 aliphatic rings. The molecule has 8 nitrogen and oxygen atoms in total. The monoisotopic (exact) mass is 482 g/mol. The first kappa shape index (κ1) is 24.3. The van der Waals surface area contributed by atoms with Crippen molar-refractivity contribution in [1.82, 2.24) is 9.62 Å². The molecule has 1 amide bonds. The number of sulfonamides is 1. The lowest BCUT2D eigenvalue weighted by atomic mass is 10.1. The fourth-order valence-electron chi connectivity index (χ4n) is 3.30. The van der Waals surface area contributed by atoms with Crippen LogP contribution in [0.15, 0.2) is 47.4 Å². The van der Waals surface area contributed by atoms with Crippen molar-refractivity contribution in [3.63, 3.8) is 0 Å². The van der Waals surface area contributed by atoms with E-state index in [1.54, 1.807) is 24.3 Å². The summed E-state index contributed by atoms with van der Waals surface area (Å²) in [6.45, 7) is 2.01. The van der Waals surface area contributed by atoms with Gasteiger partial charge in [-0.2, -0.15) is 4.31 Å². The number of amides is 1. The molecule has 174 valence electrons. The second-order valence-electron chi connectivity index (χ2n) is 7.12. The highest BCUT2D eigenvalue weighted by Crippen LogP contribution is 2.26. The summed E-state index contributed by atoms with van der Waals surface area (Å²) in [5, 5.41) is 3.30. The number of carbonyl (C=O) groups excluding carboxylic acids is 1. The maximum atomic E-state index is 12.9. The molecule has 2 aromatic carbocycles. The summed E-state index contributed by atoms with van der Waals surface area (Å²) in [6, 6.07) is 11.9. The fraction of sp³-hybridized carbons (Fsp3) is 0.409. The van der Waals surface area contributed by atoms with Crippen LogP contribution in [0.3, 0.4) is 0 Å². The third-order valence-corrected chi connectivity index (χ3v) is 7.21. The van der Waals surface area contributed by atoms with Crippen LogP contribution < -0.4 is 14.8 Å². The summed E-state index contributed by atoms with van der Waals surface area (Å²) in [6.07, 6.45) is 0.524. The molecule has 2 aromatic rings.